The Morgan fingerprint density at radius 3 is 2.67 bits per heavy atom. The van der Waals surface area contributed by atoms with E-state index >= 15 is 0 Å². The van der Waals surface area contributed by atoms with E-state index in [2.05, 4.69) is 12.2 Å². The van der Waals surface area contributed by atoms with Crippen molar-refractivity contribution in [3.63, 3.8) is 0 Å². The predicted octanol–water partition coefficient (Wildman–Crippen LogP) is 3.15. The van der Waals surface area contributed by atoms with Crippen molar-refractivity contribution in [1.82, 2.24) is 5.32 Å². The topological polar surface area (TPSA) is 98.1 Å². The third kappa shape index (κ3) is 5.41. The van der Waals surface area contributed by atoms with Gasteiger partial charge in [0, 0.05) is 5.56 Å². The monoisotopic (exact) mass is 448 g/mol. The molecule has 0 radical (unpaired) electrons. The molecule has 1 aliphatic rings. The van der Waals surface area contributed by atoms with Crippen molar-refractivity contribution in [3.8, 4) is 11.5 Å². The van der Waals surface area contributed by atoms with Crippen LogP contribution < -0.4 is 19.7 Å². The van der Waals surface area contributed by atoms with Crippen LogP contribution in [0.25, 0.3) is 0 Å². The summed E-state index contributed by atoms with van der Waals surface area (Å²) in [6.45, 7) is 1.75. The molecule has 2 amide bonds. The summed E-state index contributed by atoms with van der Waals surface area (Å²) in [4.78, 5) is 38.9. The Labute approximate surface area is 191 Å². The summed E-state index contributed by atoms with van der Waals surface area (Å²) >= 11 is 0. The van der Waals surface area contributed by atoms with Gasteiger partial charge >= 0.3 is 0 Å². The van der Waals surface area contributed by atoms with Gasteiger partial charge in [-0.15, -0.1) is 0 Å². The zero-order chi connectivity index (χ0) is 23.2. The van der Waals surface area contributed by atoms with Crippen LogP contribution in [0.15, 0.2) is 65.3 Å². The molecule has 0 aliphatic carbocycles. The van der Waals surface area contributed by atoms with Crippen molar-refractivity contribution in [2.45, 2.75) is 19.9 Å². The minimum Gasteiger partial charge on any atom is -0.485 e. The van der Waals surface area contributed by atoms with Gasteiger partial charge in [0.25, 0.3) is 5.91 Å². The SMILES string of the molecule is CCc1ccc(OCC(=O)c2ccc3c(c2)N(CC(=O)NCc2ccco2)C(=O)CO3)cc1. The lowest BCUT2D eigenvalue weighted by Gasteiger charge is -2.29. The number of ketones is 1. The molecular weight excluding hydrogens is 424 g/mol. The summed E-state index contributed by atoms with van der Waals surface area (Å²) in [5.41, 5.74) is 1.91. The first-order valence-electron chi connectivity index (χ1n) is 10.6. The molecule has 4 rings (SSSR count). The summed E-state index contributed by atoms with van der Waals surface area (Å²) in [6, 6.07) is 15.8. The Kier molecular flexibility index (Phi) is 6.73. The minimum atomic E-state index is -0.368. The fourth-order valence-corrected chi connectivity index (χ4v) is 3.40. The molecule has 0 saturated heterocycles. The lowest BCUT2D eigenvalue weighted by Crippen LogP contribution is -2.45. The Morgan fingerprint density at radius 2 is 1.94 bits per heavy atom. The predicted molar refractivity (Wildman–Crippen MR) is 120 cm³/mol. The highest BCUT2D eigenvalue weighted by Crippen LogP contribution is 2.33. The van der Waals surface area contributed by atoms with Crippen LogP contribution in [0.2, 0.25) is 0 Å². The van der Waals surface area contributed by atoms with Crippen molar-refractivity contribution in [2.75, 3.05) is 24.7 Å². The maximum Gasteiger partial charge on any atom is 0.265 e. The van der Waals surface area contributed by atoms with Crippen molar-refractivity contribution < 1.29 is 28.3 Å². The first-order chi connectivity index (χ1) is 16.0. The van der Waals surface area contributed by atoms with Crippen molar-refractivity contribution in [3.05, 3.63) is 77.7 Å². The molecule has 1 N–H and O–H groups in total. The van der Waals surface area contributed by atoms with Crippen molar-refractivity contribution in [2.24, 2.45) is 0 Å². The zero-order valence-electron chi connectivity index (χ0n) is 18.2. The molecule has 8 heteroatoms. The Hall–Kier alpha value is -4.07. The van der Waals surface area contributed by atoms with E-state index in [4.69, 9.17) is 13.9 Å². The smallest absolute Gasteiger partial charge is 0.265 e. The number of rotatable bonds is 9. The number of hydrogen-bond donors (Lipinski definition) is 1. The third-order valence-electron chi connectivity index (χ3n) is 5.27. The zero-order valence-corrected chi connectivity index (χ0v) is 18.2. The quantitative estimate of drug-likeness (QED) is 0.505. The van der Waals surface area contributed by atoms with Crippen molar-refractivity contribution in [1.29, 1.82) is 0 Å². The summed E-state index contributed by atoms with van der Waals surface area (Å²) in [7, 11) is 0. The maximum atomic E-state index is 12.7. The van der Waals surface area contributed by atoms with E-state index in [0.717, 1.165) is 6.42 Å². The van der Waals surface area contributed by atoms with E-state index in [1.54, 1.807) is 30.3 Å². The van der Waals surface area contributed by atoms with E-state index in [9.17, 15) is 14.4 Å². The lowest BCUT2D eigenvalue weighted by atomic mass is 10.1. The summed E-state index contributed by atoms with van der Waals surface area (Å²) in [5.74, 6) is 0.663. The Bertz CT molecular complexity index is 1140. The van der Waals surface area contributed by atoms with Gasteiger partial charge in [0.2, 0.25) is 5.91 Å². The highest BCUT2D eigenvalue weighted by atomic mass is 16.5. The van der Waals surface area contributed by atoms with Gasteiger partial charge in [-0.3, -0.25) is 19.3 Å². The number of aryl methyl sites for hydroxylation is 1. The summed E-state index contributed by atoms with van der Waals surface area (Å²) < 4.78 is 16.3. The normalized spacial score (nSPS) is 12.6. The molecule has 3 aromatic rings. The van der Waals surface area contributed by atoms with Crippen LogP contribution in [-0.2, 0) is 22.6 Å². The fraction of sp³-hybridized carbons (Fsp3) is 0.240. The highest BCUT2D eigenvalue weighted by molar-refractivity contribution is 6.04. The van der Waals surface area contributed by atoms with Crippen LogP contribution in [0, 0.1) is 0 Å². The van der Waals surface area contributed by atoms with Gasteiger partial charge in [-0.05, 0) is 54.4 Å². The average molecular weight is 448 g/mol. The molecule has 8 nitrogen and oxygen atoms in total. The van der Waals surface area contributed by atoms with E-state index in [-0.39, 0.29) is 43.9 Å². The molecular formula is C25H24N2O6. The molecule has 0 unspecified atom stereocenters. The van der Waals surface area contributed by atoms with Crippen LogP contribution in [0.1, 0.15) is 28.6 Å². The standard InChI is InChI=1S/C25H24N2O6/c1-2-17-5-8-19(9-6-17)32-15-22(28)18-7-10-23-21(12-18)27(25(30)16-33-23)14-24(29)26-13-20-4-3-11-31-20/h3-12H,2,13-16H2,1H3,(H,26,29). The molecule has 2 heterocycles. The number of fused-ring (bicyclic) bond motifs is 1. The van der Waals surface area contributed by atoms with Gasteiger partial charge in [0.15, 0.2) is 19.0 Å². The lowest BCUT2D eigenvalue weighted by molar-refractivity contribution is -0.125. The van der Waals surface area contributed by atoms with Crippen LogP contribution in [-0.4, -0.2) is 37.4 Å². The Balaban J connectivity index is 1.43. The van der Waals surface area contributed by atoms with Gasteiger partial charge in [0.1, 0.15) is 23.8 Å². The summed E-state index contributed by atoms with van der Waals surface area (Å²) in [6.07, 6.45) is 2.44. The third-order valence-corrected chi connectivity index (χ3v) is 5.27. The number of furan rings is 1. The Morgan fingerprint density at radius 1 is 1.12 bits per heavy atom. The van der Waals surface area contributed by atoms with E-state index in [1.165, 1.54) is 16.7 Å². The number of nitrogens with zero attached hydrogens (tertiary/aromatic N) is 1. The molecule has 2 aromatic carbocycles. The molecule has 170 valence electrons. The number of nitrogens with one attached hydrogen (secondary N) is 1. The van der Waals surface area contributed by atoms with Crippen molar-refractivity contribution >= 4 is 23.3 Å². The van der Waals surface area contributed by atoms with Crippen LogP contribution in [0.3, 0.4) is 0 Å². The highest BCUT2D eigenvalue weighted by Gasteiger charge is 2.28. The van der Waals surface area contributed by atoms with Crippen LogP contribution >= 0.6 is 0 Å². The van der Waals surface area contributed by atoms with Gasteiger partial charge in [-0.25, -0.2) is 0 Å². The number of amides is 2. The van der Waals surface area contributed by atoms with E-state index in [1.807, 2.05) is 24.3 Å². The first-order valence-corrected chi connectivity index (χ1v) is 10.6. The maximum absolute atomic E-state index is 12.7. The fourth-order valence-electron chi connectivity index (χ4n) is 3.40. The number of benzene rings is 2. The average Bonchev–Trinajstić information content (AvgIpc) is 3.37. The number of Topliss-reactive ketones (excluding diaryl/α,β-unsaturated/α-hetero) is 1. The molecule has 1 aliphatic heterocycles. The second-order valence-corrected chi connectivity index (χ2v) is 7.52. The number of carbonyl (C=O) groups is 3. The summed E-state index contributed by atoms with van der Waals surface area (Å²) in [5, 5.41) is 2.71. The van der Waals surface area contributed by atoms with Crippen LogP contribution in [0.5, 0.6) is 11.5 Å². The largest absolute Gasteiger partial charge is 0.485 e. The molecule has 0 saturated carbocycles. The number of ether oxygens (including phenoxy) is 2. The molecule has 0 fully saturated rings. The van der Waals surface area contributed by atoms with E-state index in [0.29, 0.717) is 28.5 Å². The van der Waals surface area contributed by atoms with E-state index < -0.39 is 0 Å². The molecule has 1 aromatic heterocycles. The van der Waals surface area contributed by atoms with Gasteiger partial charge < -0.3 is 19.2 Å². The first kappa shape index (κ1) is 22.1. The minimum absolute atomic E-state index is 0.150. The second-order valence-electron chi connectivity index (χ2n) is 7.52. The molecule has 0 atom stereocenters. The van der Waals surface area contributed by atoms with Gasteiger partial charge in [-0.1, -0.05) is 19.1 Å². The second kappa shape index (κ2) is 10.0. The van der Waals surface area contributed by atoms with Gasteiger partial charge in [-0.2, -0.15) is 0 Å². The van der Waals surface area contributed by atoms with Gasteiger partial charge in [0.05, 0.1) is 18.5 Å². The number of hydrogen-bond acceptors (Lipinski definition) is 6. The van der Waals surface area contributed by atoms with Crippen LogP contribution in [0.4, 0.5) is 5.69 Å². The molecule has 0 spiro atoms. The molecule has 0 bridgehead atoms. The number of carbonyl (C=O) groups excluding carboxylic acids is 3. The molecule has 33 heavy (non-hydrogen) atoms. The number of anilines is 1.